The van der Waals surface area contributed by atoms with Crippen molar-refractivity contribution in [1.29, 1.82) is 0 Å². The molecule has 0 aliphatic rings. The van der Waals surface area contributed by atoms with Gasteiger partial charge in [0.15, 0.2) is 18.1 Å². The molecule has 3 N–H and O–H groups in total. The molecule has 0 saturated heterocycles. The number of halogens is 1. The summed E-state index contributed by atoms with van der Waals surface area (Å²) >= 11 is 6.03. The van der Waals surface area contributed by atoms with Gasteiger partial charge in [0.1, 0.15) is 0 Å². The van der Waals surface area contributed by atoms with Crippen LogP contribution in [0.2, 0.25) is 5.02 Å². The number of carbonyl (C=O) groups is 2. The molecule has 126 valence electrons. The summed E-state index contributed by atoms with van der Waals surface area (Å²) in [5.41, 5.74) is 6.25. The molecule has 0 heterocycles. The number of nitrogens with one attached hydrogen (secondary N) is 1. The molecule has 0 bridgehead atoms. The van der Waals surface area contributed by atoms with Crippen LogP contribution in [0.4, 0.5) is 0 Å². The van der Waals surface area contributed by atoms with E-state index >= 15 is 0 Å². The van der Waals surface area contributed by atoms with Crippen molar-refractivity contribution >= 4 is 23.4 Å². The number of hydrogen-bond donors (Lipinski definition) is 2. The summed E-state index contributed by atoms with van der Waals surface area (Å²) in [6.45, 7) is -0.0123. The van der Waals surface area contributed by atoms with Crippen molar-refractivity contribution in [3.05, 3.63) is 58.6 Å². The molecule has 0 aliphatic carbocycles. The number of methoxy groups -OCH3 is 1. The number of hydrogen-bond acceptors (Lipinski definition) is 4. The van der Waals surface area contributed by atoms with E-state index < -0.39 is 5.91 Å². The number of para-hydroxylation sites is 1. The van der Waals surface area contributed by atoms with Crippen LogP contribution in [0.15, 0.2) is 42.5 Å². The van der Waals surface area contributed by atoms with Crippen LogP contribution in [0.3, 0.4) is 0 Å². The Hall–Kier alpha value is -2.73. The van der Waals surface area contributed by atoms with Crippen molar-refractivity contribution in [3.63, 3.8) is 0 Å². The SMILES string of the molecule is COc1cccc(C(N)=O)c1OCC(=O)NCc1ccccc1Cl. The Labute approximate surface area is 144 Å². The van der Waals surface area contributed by atoms with Crippen molar-refractivity contribution in [1.82, 2.24) is 5.32 Å². The summed E-state index contributed by atoms with van der Waals surface area (Å²) < 4.78 is 10.6. The van der Waals surface area contributed by atoms with E-state index in [0.29, 0.717) is 10.8 Å². The van der Waals surface area contributed by atoms with Crippen LogP contribution in [0.1, 0.15) is 15.9 Å². The van der Waals surface area contributed by atoms with Gasteiger partial charge in [-0.15, -0.1) is 0 Å². The number of carbonyl (C=O) groups excluding carboxylic acids is 2. The third-order valence-corrected chi connectivity index (χ3v) is 3.61. The van der Waals surface area contributed by atoms with Crippen molar-refractivity contribution < 1.29 is 19.1 Å². The van der Waals surface area contributed by atoms with E-state index in [1.807, 2.05) is 18.2 Å². The predicted octanol–water partition coefficient (Wildman–Crippen LogP) is 2.14. The Morgan fingerprint density at radius 1 is 1.17 bits per heavy atom. The average molecular weight is 349 g/mol. The molecule has 6 nitrogen and oxygen atoms in total. The molecule has 2 aromatic rings. The molecule has 24 heavy (non-hydrogen) atoms. The summed E-state index contributed by atoms with van der Waals surface area (Å²) in [6, 6.07) is 11.9. The van der Waals surface area contributed by atoms with Crippen molar-refractivity contribution in [2.75, 3.05) is 13.7 Å². The number of amides is 2. The Morgan fingerprint density at radius 3 is 2.58 bits per heavy atom. The second-order valence-electron chi connectivity index (χ2n) is 4.86. The average Bonchev–Trinajstić information content (AvgIpc) is 2.58. The number of nitrogens with two attached hydrogens (primary N) is 1. The highest BCUT2D eigenvalue weighted by molar-refractivity contribution is 6.31. The molecule has 0 spiro atoms. The van der Waals surface area contributed by atoms with Crippen LogP contribution >= 0.6 is 11.6 Å². The fourth-order valence-electron chi connectivity index (χ4n) is 2.04. The van der Waals surface area contributed by atoms with Crippen LogP contribution in [-0.4, -0.2) is 25.5 Å². The molecule has 2 aromatic carbocycles. The Kier molecular flexibility index (Phi) is 6.03. The Balaban J connectivity index is 1.99. The Morgan fingerprint density at radius 2 is 1.92 bits per heavy atom. The second-order valence-corrected chi connectivity index (χ2v) is 5.27. The highest BCUT2D eigenvalue weighted by Crippen LogP contribution is 2.30. The number of rotatable bonds is 7. The number of ether oxygens (including phenoxy) is 2. The van der Waals surface area contributed by atoms with Crippen LogP contribution < -0.4 is 20.5 Å². The van der Waals surface area contributed by atoms with Gasteiger partial charge in [-0.25, -0.2) is 0 Å². The normalized spacial score (nSPS) is 10.1. The van der Waals surface area contributed by atoms with Gasteiger partial charge in [0.2, 0.25) is 0 Å². The first kappa shape index (κ1) is 17.6. The molecule has 7 heteroatoms. The van der Waals surface area contributed by atoms with E-state index in [4.69, 9.17) is 26.8 Å². The molecule has 0 fully saturated rings. The van der Waals surface area contributed by atoms with Gasteiger partial charge in [-0.3, -0.25) is 9.59 Å². The van der Waals surface area contributed by atoms with Gasteiger partial charge < -0.3 is 20.5 Å². The minimum atomic E-state index is -0.666. The van der Waals surface area contributed by atoms with Crippen LogP contribution in [0.5, 0.6) is 11.5 Å². The van der Waals surface area contributed by atoms with Gasteiger partial charge in [0, 0.05) is 11.6 Å². The zero-order valence-corrected chi connectivity index (χ0v) is 13.8. The minimum absolute atomic E-state index is 0.139. The van der Waals surface area contributed by atoms with Gasteiger partial charge in [-0.2, -0.15) is 0 Å². The van der Waals surface area contributed by atoms with Crippen molar-refractivity contribution in [2.24, 2.45) is 5.73 Å². The van der Waals surface area contributed by atoms with Gasteiger partial charge in [0.05, 0.1) is 12.7 Å². The molecule has 0 unspecified atom stereocenters. The topological polar surface area (TPSA) is 90.7 Å². The fraction of sp³-hybridized carbons (Fsp3) is 0.176. The van der Waals surface area contributed by atoms with Gasteiger partial charge in [0.25, 0.3) is 11.8 Å². The summed E-state index contributed by atoms with van der Waals surface area (Å²) in [6.07, 6.45) is 0. The quantitative estimate of drug-likeness (QED) is 0.802. The summed E-state index contributed by atoms with van der Waals surface area (Å²) in [4.78, 5) is 23.4. The van der Waals surface area contributed by atoms with Crippen LogP contribution in [0, 0.1) is 0 Å². The zero-order chi connectivity index (χ0) is 17.5. The fourth-order valence-corrected chi connectivity index (χ4v) is 2.25. The zero-order valence-electron chi connectivity index (χ0n) is 13.0. The Bertz CT molecular complexity index is 749. The second kappa shape index (κ2) is 8.21. The van der Waals surface area contributed by atoms with E-state index in [1.165, 1.54) is 13.2 Å². The lowest BCUT2D eigenvalue weighted by Gasteiger charge is -2.13. The maximum atomic E-state index is 11.9. The molecular formula is C17H17ClN2O4. The van der Waals surface area contributed by atoms with E-state index in [1.54, 1.807) is 18.2 Å². The molecular weight excluding hydrogens is 332 g/mol. The summed E-state index contributed by atoms with van der Waals surface area (Å²) in [5, 5.41) is 3.26. The number of primary amides is 1. The molecule has 0 aromatic heterocycles. The smallest absolute Gasteiger partial charge is 0.258 e. The first-order valence-electron chi connectivity index (χ1n) is 7.12. The third kappa shape index (κ3) is 4.39. The lowest BCUT2D eigenvalue weighted by atomic mass is 10.2. The first-order chi connectivity index (χ1) is 11.5. The van der Waals surface area contributed by atoms with E-state index in [2.05, 4.69) is 5.32 Å². The largest absolute Gasteiger partial charge is 0.493 e. The monoisotopic (exact) mass is 348 g/mol. The first-order valence-corrected chi connectivity index (χ1v) is 7.50. The predicted molar refractivity (Wildman–Crippen MR) is 90.3 cm³/mol. The third-order valence-electron chi connectivity index (χ3n) is 3.25. The highest BCUT2D eigenvalue weighted by Gasteiger charge is 2.16. The lowest BCUT2D eigenvalue weighted by molar-refractivity contribution is -0.123. The summed E-state index contributed by atoms with van der Waals surface area (Å²) in [7, 11) is 1.43. The van der Waals surface area contributed by atoms with Crippen molar-refractivity contribution in [3.8, 4) is 11.5 Å². The molecule has 2 rings (SSSR count). The van der Waals surface area contributed by atoms with Crippen molar-refractivity contribution in [2.45, 2.75) is 6.54 Å². The van der Waals surface area contributed by atoms with E-state index in [9.17, 15) is 9.59 Å². The van der Waals surface area contributed by atoms with Gasteiger partial charge in [-0.05, 0) is 23.8 Å². The molecule has 0 atom stereocenters. The van der Waals surface area contributed by atoms with Crippen LogP contribution in [-0.2, 0) is 11.3 Å². The van der Waals surface area contributed by atoms with E-state index in [0.717, 1.165) is 5.56 Å². The van der Waals surface area contributed by atoms with Gasteiger partial charge >= 0.3 is 0 Å². The summed E-state index contributed by atoms with van der Waals surface area (Å²) in [5.74, 6) is -0.567. The maximum Gasteiger partial charge on any atom is 0.258 e. The standard InChI is InChI=1S/C17H17ClN2O4/c1-23-14-8-4-6-12(17(19)22)16(14)24-10-15(21)20-9-11-5-2-3-7-13(11)18/h2-8H,9-10H2,1H3,(H2,19,22)(H,20,21). The molecule has 0 aliphatic heterocycles. The van der Waals surface area contributed by atoms with E-state index in [-0.39, 0.29) is 30.4 Å². The van der Waals surface area contributed by atoms with Crippen LogP contribution in [0.25, 0.3) is 0 Å². The van der Waals surface area contributed by atoms with Gasteiger partial charge in [-0.1, -0.05) is 35.9 Å². The maximum absolute atomic E-state index is 11.9. The highest BCUT2D eigenvalue weighted by atomic mass is 35.5. The minimum Gasteiger partial charge on any atom is -0.493 e. The molecule has 0 saturated carbocycles. The number of benzene rings is 2. The molecule has 2 amide bonds. The lowest BCUT2D eigenvalue weighted by Crippen LogP contribution is -2.29. The molecule has 0 radical (unpaired) electrons.